The van der Waals surface area contributed by atoms with Crippen LogP contribution >= 0.6 is 11.3 Å². The lowest BCUT2D eigenvalue weighted by Gasteiger charge is -2.22. The second kappa shape index (κ2) is 11.0. The average molecular weight is 480 g/mol. The standard InChI is InChI=1S/C24H25N5O4S/c1-32-12-10-28(11-13-33-2)24(31)27-18-6-3-5-17(15-18)20-8-9-25-23-19(16-26-29(20)23)22(30)21-7-4-14-34-21/h3-9,14-16H,10-13H2,1-2H3,(H,27,31). The summed E-state index contributed by atoms with van der Waals surface area (Å²) in [6.07, 6.45) is 3.20. The molecule has 2 amide bonds. The maximum absolute atomic E-state index is 12.9. The number of aromatic nitrogens is 3. The Bertz CT molecular complexity index is 1260. The van der Waals surface area contributed by atoms with Gasteiger partial charge in [0.15, 0.2) is 5.65 Å². The van der Waals surface area contributed by atoms with E-state index in [2.05, 4.69) is 15.4 Å². The molecule has 0 aliphatic rings. The Labute approximate surface area is 200 Å². The molecule has 0 atom stereocenters. The van der Waals surface area contributed by atoms with E-state index in [1.54, 1.807) is 42.1 Å². The van der Waals surface area contributed by atoms with E-state index in [0.29, 0.717) is 48.1 Å². The third-order valence-electron chi connectivity index (χ3n) is 5.22. The van der Waals surface area contributed by atoms with Gasteiger partial charge in [-0.2, -0.15) is 5.10 Å². The zero-order chi connectivity index (χ0) is 23.9. The fraction of sp³-hybridized carbons (Fsp3) is 0.250. The third-order valence-corrected chi connectivity index (χ3v) is 6.09. The van der Waals surface area contributed by atoms with Gasteiger partial charge in [-0.3, -0.25) is 4.79 Å². The predicted molar refractivity (Wildman–Crippen MR) is 131 cm³/mol. The van der Waals surface area contributed by atoms with E-state index in [9.17, 15) is 9.59 Å². The Morgan fingerprint density at radius 1 is 1.09 bits per heavy atom. The van der Waals surface area contributed by atoms with Gasteiger partial charge in [-0.05, 0) is 29.6 Å². The van der Waals surface area contributed by atoms with Crippen LogP contribution in [-0.4, -0.2) is 71.8 Å². The molecule has 34 heavy (non-hydrogen) atoms. The summed E-state index contributed by atoms with van der Waals surface area (Å²) in [7, 11) is 3.19. The van der Waals surface area contributed by atoms with E-state index < -0.39 is 0 Å². The van der Waals surface area contributed by atoms with Gasteiger partial charge in [0.1, 0.15) is 0 Å². The minimum atomic E-state index is -0.242. The zero-order valence-corrected chi connectivity index (χ0v) is 19.7. The molecule has 4 aromatic rings. The van der Waals surface area contributed by atoms with Crippen molar-refractivity contribution >= 4 is 34.5 Å². The first-order chi connectivity index (χ1) is 16.6. The number of anilines is 1. The van der Waals surface area contributed by atoms with Gasteiger partial charge >= 0.3 is 6.03 Å². The van der Waals surface area contributed by atoms with Crippen molar-refractivity contribution in [2.75, 3.05) is 45.8 Å². The Balaban J connectivity index is 1.59. The maximum Gasteiger partial charge on any atom is 0.321 e. The minimum absolute atomic E-state index is 0.108. The molecule has 3 heterocycles. The molecule has 0 saturated carbocycles. The number of urea groups is 1. The monoisotopic (exact) mass is 479 g/mol. The van der Waals surface area contributed by atoms with Crippen molar-refractivity contribution in [3.8, 4) is 11.3 Å². The van der Waals surface area contributed by atoms with E-state index in [1.165, 1.54) is 11.3 Å². The van der Waals surface area contributed by atoms with Gasteiger partial charge in [-0.1, -0.05) is 18.2 Å². The number of hydrogen-bond donors (Lipinski definition) is 1. The lowest BCUT2D eigenvalue weighted by atomic mass is 10.1. The van der Waals surface area contributed by atoms with Gasteiger partial charge < -0.3 is 19.7 Å². The van der Waals surface area contributed by atoms with Crippen molar-refractivity contribution < 1.29 is 19.1 Å². The molecule has 4 rings (SSSR count). The molecule has 1 N–H and O–H groups in total. The molecule has 0 bridgehead atoms. The molecule has 176 valence electrons. The van der Waals surface area contributed by atoms with E-state index in [-0.39, 0.29) is 11.8 Å². The largest absolute Gasteiger partial charge is 0.383 e. The third kappa shape index (κ3) is 5.14. The number of nitrogens with one attached hydrogen (secondary N) is 1. The first kappa shape index (κ1) is 23.6. The number of nitrogens with zero attached hydrogens (tertiary/aromatic N) is 4. The summed E-state index contributed by atoms with van der Waals surface area (Å²) >= 11 is 1.38. The van der Waals surface area contributed by atoms with Crippen molar-refractivity contribution in [1.29, 1.82) is 0 Å². The maximum atomic E-state index is 12.9. The highest BCUT2D eigenvalue weighted by Crippen LogP contribution is 2.25. The van der Waals surface area contributed by atoms with Crippen LogP contribution in [0.5, 0.6) is 0 Å². The first-order valence-electron chi connectivity index (χ1n) is 10.7. The number of fused-ring (bicyclic) bond motifs is 1. The van der Waals surface area contributed by atoms with E-state index in [4.69, 9.17) is 9.47 Å². The van der Waals surface area contributed by atoms with Gasteiger partial charge in [0, 0.05) is 44.8 Å². The molecule has 0 aliphatic carbocycles. The minimum Gasteiger partial charge on any atom is -0.383 e. The van der Waals surface area contributed by atoms with Crippen LogP contribution in [0.3, 0.4) is 0 Å². The van der Waals surface area contributed by atoms with Crippen molar-refractivity contribution in [3.05, 3.63) is 70.7 Å². The number of benzene rings is 1. The Morgan fingerprint density at radius 3 is 2.59 bits per heavy atom. The summed E-state index contributed by atoms with van der Waals surface area (Å²) in [4.78, 5) is 32.4. The summed E-state index contributed by atoms with van der Waals surface area (Å²) in [5, 5.41) is 9.23. The summed E-state index contributed by atoms with van der Waals surface area (Å²) < 4.78 is 11.9. The van der Waals surface area contributed by atoms with Crippen LogP contribution in [0, 0.1) is 0 Å². The number of carbonyl (C=O) groups excluding carboxylic acids is 2. The molecule has 0 fully saturated rings. The van der Waals surface area contributed by atoms with Gasteiger partial charge in [-0.25, -0.2) is 14.3 Å². The molecule has 0 aliphatic heterocycles. The molecule has 1 aromatic carbocycles. The number of thiophene rings is 1. The lowest BCUT2D eigenvalue weighted by molar-refractivity contribution is 0.104. The highest BCUT2D eigenvalue weighted by atomic mass is 32.1. The topological polar surface area (TPSA) is 98.1 Å². The molecule has 3 aromatic heterocycles. The van der Waals surface area contributed by atoms with Gasteiger partial charge in [0.2, 0.25) is 5.78 Å². The molecule has 0 saturated heterocycles. The quantitative estimate of drug-likeness (QED) is 0.347. The van der Waals surface area contributed by atoms with Crippen molar-refractivity contribution in [3.63, 3.8) is 0 Å². The Hall–Kier alpha value is -3.60. The second-order valence-corrected chi connectivity index (χ2v) is 8.36. The van der Waals surface area contributed by atoms with Crippen molar-refractivity contribution in [1.82, 2.24) is 19.5 Å². The van der Waals surface area contributed by atoms with Crippen LogP contribution < -0.4 is 5.32 Å². The van der Waals surface area contributed by atoms with Crippen LogP contribution in [0.4, 0.5) is 10.5 Å². The van der Waals surface area contributed by atoms with Crippen LogP contribution in [-0.2, 0) is 9.47 Å². The number of ketones is 1. The molecule has 0 spiro atoms. The summed E-state index contributed by atoms with van der Waals surface area (Å²) in [5.41, 5.74) is 3.14. The lowest BCUT2D eigenvalue weighted by Crippen LogP contribution is -2.39. The van der Waals surface area contributed by atoms with E-state index >= 15 is 0 Å². The molecular weight excluding hydrogens is 454 g/mol. The SMILES string of the molecule is COCCN(CCOC)C(=O)Nc1cccc(-c2ccnc3c(C(=O)c4cccs4)cnn23)c1. The second-order valence-electron chi connectivity index (χ2n) is 7.41. The van der Waals surface area contributed by atoms with Gasteiger partial charge in [0.25, 0.3) is 0 Å². The number of amides is 2. The first-order valence-corrected chi connectivity index (χ1v) is 11.6. The predicted octanol–water partition coefficient (Wildman–Crippen LogP) is 3.82. The zero-order valence-electron chi connectivity index (χ0n) is 18.9. The number of methoxy groups -OCH3 is 2. The summed E-state index contributed by atoms with van der Waals surface area (Å²) in [5.74, 6) is -0.108. The number of rotatable bonds is 10. The Morgan fingerprint density at radius 2 is 1.88 bits per heavy atom. The number of ether oxygens (including phenoxy) is 2. The highest BCUT2D eigenvalue weighted by Gasteiger charge is 2.19. The van der Waals surface area contributed by atoms with Crippen LogP contribution in [0.15, 0.2) is 60.2 Å². The Kier molecular flexibility index (Phi) is 7.63. The number of hydrogen-bond acceptors (Lipinski definition) is 7. The molecule has 10 heteroatoms. The normalized spacial score (nSPS) is 11.0. The van der Waals surface area contributed by atoms with Crippen LogP contribution in [0.1, 0.15) is 15.2 Å². The number of carbonyl (C=O) groups is 2. The van der Waals surface area contributed by atoms with Gasteiger partial charge in [-0.15, -0.1) is 11.3 Å². The highest BCUT2D eigenvalue weighted by molar-refractivity contribution is 7.12. The van der Waals surface area contributed by atoms with Crippen LogP contribution in [0.25, 0.3) is 16.9 Å². The fourth-order valence-corrected chi connectivity index (χ4v) is 4.17. The summed E-state index contributed by atoms with van der Waals surface area (Å²) in [6.45, 7) is 1.76. The van der Waals surface area contributed by atoms with Crippen molar-refractivity contribution in [2.45, 2.75) is 0 Å². The molecule has 0 unspecified atom stereocenters. The molecule has 0 radical (unpaired) electrons. The smallest absolute Gasteiger partial charge is 0.321 e. The molecule has 9 nitrogen and oxygen atoms in total. The molecular formula is C24H25N5O4S. The van der Waals surface area contributed by atoms with Gasteiger partial charge in [0.05, 0.1) is 35.5 Å². The van der Waals surface area contributed by atoms with E-state index in [0.717, 1.165) is 11.3 Å². The van der Waals surface area contributed by atoms with E-state index in [1.807, 2.05) is 41.8 Å². The fourth-order valence-electron chi connectivity index (χ4n) is 3.49. The van der Waals surface area contributed by atoms with Crippen LogP contribution in [0.2, 0.25) is 0 Å². The van der Waals surface area contributed by atoms with Crippen molar-refractivity contribution in [2.24, 2.45) is 0 Å². The summed E-state index contributed by atoms with van der Waals surface area (Å²) in [6, 6.07) is 12.7. The average Bonchev–Trinajstić information content (AvgIpc) is 3.54.